The van der Waals surface area contributed by atoms with Crippen LogP contribution in [0, 0.1) is 13.8 Å². The largest absolute Gasteiger partial charge is 0.466 e. The highest BCUT2D eigenvalue weighted by Crippen LogP contribution is 2.20. The van der Waals surface area contributed by atoms with Crippen molar-refractivity contribution in [3.8, 4) is 0 Å². The fourth-order valence-electron chi connectivity index (χ4n) is 1.84. The Kier molecular flexibility index (Phi) is 5.09. The molecule has 0 aromatic carbocycles. The van der Waals surface area contributed by atoms with Gasteiger partial charge in [0.1, 0.15) is 5.76 Å². The highest BCUT2D eigenvalue weighted by Gasteiger charge is 2.15. The zero-order valence-corrected chi connectivity index (χ0v) is 11.5. The average molecular weight is 252 g/mol. The van der Waals surface area contributed by atoms with Crippen LogP contribution >= 0.6 is 0 Å². The van der Waals surface area contributed by atoms with Gasteiger partial charge in [-0.1, -0.05) is 11.2 Å². The van der Waals surface area contributed by atoms with Gasteiger partial charge >= 0.3 is 5.97 Å². The topological polar surface area (TPSA) is 64.4 Å². The van der Waals surface area contributed by atoms with Gasteiger partial charge in [0.25, 0.3) is 0 Å². The van der Waals surface area contributed by atoms with E-state index in [-0.39, 0.29) is 12.0 Å². The minimum atomic E-state index is -0.304. The van der Waals surface area contributed by atoms with Crippen LogP contribution in [0.5, 0.6) is 0 Å². The smallest absolute Gasteiger partial charge is 0.333 e. The summed E-state index contributed by atoms with van der Waals surface area (Å²) in [5, 5.41) is 7.21. The van der Waals surface area contributed by atoms with Gasteiger partial charge in [-0.3, -0.25) is 0 Å². The fourth-order valence-corrected chi connectivity index (χ4v) is 1.84. The maximum atomic E-state index is 11.2. The van der Waals surface area contributed by atoms with Crippen LogP contribution in [0.25, 0.3) is 0 Å². The minimum Gasteiger partial charge on any atom is -0.466 e. The van der Waals surface area contributed by atoms with Crippen molar-refractivity contribution >= 4 is 5.97 Å². The second-order valence-corrected chi connectivity index (χ2v) is 4.25. The molecular formula is C13H20N2O3. The van der Waals surface area contributed by atoms with Crippen molar-refractivity contribution in [2.75, 3.05) is 13.7 Å². The first-order chi connectivity index (χ1) is 8.47. The zero-order valence-electron chi connectivity index (χ0n) is 11.5. The Bertz CT molecular complexity index is 430. The highest BCUT2D eigenvalue weighted by atomic mass is 16.5. The summed E-state index contributed by atoms with van der Waals surface area (Å²) in [6, 6.07) is 0.123. The van der Waals surface area contributed by atoms with Crippen LogP contribution in [0.15, 0.2) is 16.2 Å². The number of nitrogens with one attached hydrogen (secondary N) is 1. The monoisotopic (exact) mass is 252 g/mol. The van der Waals surface area contributed by atoms with Gasteiger partial charge < -0.3 is 14.6 Å². The van der Waals surface area contributed by atoms with Gasteiger partial charge in [-0.15, -0.1) is 0 Å². The molecule has 0 fully saturated rings. The van der Waals surface area contributed by atoms with Gasteiger partial charge in [-0.25, -0.2) is 4.79 Å². The standard InChI is InChI=1S/C13H20N2O3/c1-8(13(16)17-5)6-7-14-9(2)12-10(3)15-18-11(12)4/h6,9,14H,7H2,1-5H3. The van der Waals surface area contributed by atoms with Crippen molar-refractivity contribution in [2.24, 2.45) is 0 Å². The van der Waals surface area contributed by atoms with Crippen molar-refractivity contribution in [3.05, 3.63) is 28.7 Å². The molecule has 1 N–H and O–H groups in total. The summed E-state index contributed by atoms with van der Waals surface area (Å²) in [6.45, 7) is 8.16. The number of carbonyl (C=O) groups is 1. The molecule has 0 saturated heterocycles. The van der Waals surface area contributed by atoms with E-state index in [4.69, 9.17) is 4.52 Å². The molecule has 0 aliphatic carbocycles. The number of rotatable bonds is 5. The summed E-state index contributed by atoms with van der Waals surface area (Å²) < 4.78 is 9.74. The number of hydrogen-bond donors (Lipinski definition) is 1. The predicted molar refractivity (Wildman–Crippen MR) is 68.2 cm³/mol. The summed E-state index contributed by atoms with van der Waals surface area (Å²) in [6.07, 6.45) is 1.81. The number of methoxy groups -OCH3 is 1. The molecule has 5 heteroatoms. The molecule has 0 aliphatic heterocycles. The van der Waals surface area contributed by atoms with Crippen LogP contribution < -0.4 is 5.32 Å². The van der Waals surface area contributed by atoms with Crippen molar-refractivity contribution in [1.82, 2.24) is 10.5 Å². The molecule has 1 rings (SSSR count). The SMILES string of the molecule is COC(=O)C(C)=CCNC(C)c1c(C)noc1C. The molecule has 5 nitrogen and oxygen atoms in total. The second-order valence-electron chi connectivity index (χ2n) is 4.25. The van der Waals surface area contributed by atoms with Crippen LogP contribution in [-0.2, 0) is 9.53 Å². The molecule has 0 spiro atoms. The lowest BCUT2D eigenvalue weighted by molar-refractivity contribution is -0.136. The van der Waals surface area contributed by atoms with Crippen LogP contribution in [-0.4, -0.2) is 24.8 Å². The Balaban J connectivity index is 2.57. The number of nitrogens with zero attached hydrogens (tertiary/aromatic N) is 1. The first kappa shape index (κ1) is 14.4. The molecule has 0 saturated carbocycles. The Morgan fingerprint density at radius 3 is 2.72 bits per heavy atom. The fraction of sp³-hybridized carbons (Fsp3) is 0.538. The summed E-state index contributed by atoms with van der Waals surface area (Å²) >= 11 is 0. The molecule has 18 heavy (non-hydrogen) atoms. The molecule has 0 bridgehead atoms. The van der Waals surface area contributed by atoms with E-state index in [2.05, 4.69) is 15.2 Å². The van der Waals surface area contributed by atoms with Gasteiger partial charge in [-0.05, 0) is 27.7 Å². The van der Waals surface area contributed by atoms with E-state index >= 15 is 0 Å². The van der Waals surface area contributed by atoms with Crippen molar-refractivity contribution < 1.29 is 14.1 Å². The van der Waals surface area contributed by atoms with E-state index in [1.54, 1.807) is 13.0 Å². The highest BCUT2D eigenvalue weighted by molar-refractivity contribution is 5.87. The zero-order chi connectivity index (χ0) is 13.7. The second kappa shape index (κ2) is 6.35. The summed E-state index contributed by atoms with van der Waals surface area (Å²) in [5.41, 5.74) is 2.55. The lowest BCUT2D eigenvalue weighted by Crippen LogP contribution is -2.20. The number of aryl methyl sites for hydroxylation is 2. The molecule has 1 heterocycles. The third-order valence-corrected chi connectivity index (χ3v) is 2.86. The third kappa shape index (κ3) is 3.43. The van der Waals surface area contributed by atoms with Gasteiger partial charge in [0.2, 0.25) is 0 Å². The first-order valence-electron chi connectivity index (χ1n) is 5.88. The van der Waals surface area contributed by atoms with E-state index in [0.717, 1.165) is 17.0 Å². The van der Waals surface area contributed by atoms with Gasteiger partial charge in [0.05, 0.1) is 12.8 Å². The summed E-state index contributed by atoms with van der Waals surface area (Å²) in [7, 11) is 1.37. The maximum Gasteiger partial charge on any atom is 0.333 e. The Morgan fingerprint density at radius 2 is 2.22 bits per heavy atom. The van der Waals surface area contributed by atoms with E-state index in [1.165, 1.54) is 7.11 Å². The molecule has 1 aromatic rings. The lowest BCUT2D eigenvalue weighted by atomic mass is 10.1. The van der Waals surface area contributed by atoms with Gasteiger partial charge in [-0.2, -0.15) is 0 Å². The minimum absolute atomic E-state index is 0.123. The first-order valence-corrected chi connectivity index (χ1v) is 5.88. The Labute approximate surface area is 107 Å². The van der Waals surface area contributed by atoms with Crippen LogP contribution in [0.3, 0.4) is 0 Å². The van der Waals surface area contributed by atoms with Gasteiger partial charge in [0.15, 0.2) is 0 Å². The molecule has 0 amide bonds. The molecule has 0 aliphatic rings. The number of hydrogen-bond acceptors (Lipinski definition) is 5. The maximum absolute atomic E-state index is 11.2. The van der Waals surface area contributed by atoms with Crippen molar-refractivity contribution in [2.45, 2.75) is 33.7 Å². The predicted octanol–water partition coefficient (Wildman–Crippen LogP) is 2.06. The van der Waals surface area contributed by atoms with Crippen molar-refractivity contribution in [1.29, 1.82) is 0 Å². The molecule has 1 unspecified atom stereocenters. The number of ether oxygens (including phenoxy) is 1. The lowest BCUT2D eigenvalue weighted by Gasteiger charge is -2.12. The molecule has 1 atom stereocenters. The van der Waals surface area contributed by atoms with Crippen LogP contribution in [0.4, 0.5) is 0 Å². The van der Waals surface area contributed by atoms with E-state index in [0.29, 0.717) is 12.1 Å². The molecule has 0 radical (unpaired) electrons. The molecular weight excluding hydrogens is 232 g/mol. The third-order valence-electron chi connectivity index (χ3n) is 2.86. The van der Waals surface area contributed by atoms with E-state index < -0.39 is 0 Å². The van der Waals surface area contributed by atoms with Gasteiger partial charge in [0, 0.05) is 23.7 Å². The summed E-state index contributed by atoms with van der Waals surface area (Å²) in [4.78, 5) is 11.2. The molecule has 1 aromatic heterocycles. The average Bonchev–Trinajstić information content (AvgIpc) is 2.67. The summed E-state index contributed by atoms with van der Waals surface area (Å²) in [5.74, 6) is 0.517. The van der Waals surface area contributed by atoms with Crippen LogP contribution in [0.1, 0.15) is 36.9 Å². The number of carbonyl (C=O) groups excluding carboxylic acids is 1. The number of esters is 1. The Morgan fingerprint density at radius 1 is 1.56 bits per heavy atom. The number of aromatic nitrogens is 1. The molecule has 100 valence electrons. The normalized spacial score (nSPS) is 13.5. The van der Waals surface area contributed by atoms with E-state index in [1.807, 2.05) is 20.8 Å². The van der Waals surface area contributed by atoms with Crippen molar-refractivity contribution in [3.63, 3.8) is 0 Å². The van der Waals surface area contributed by atoms with E-state index in [9.17, 15) is 4.79 Å². The quantitative estimate of drug-likeness (QED) is 0.642. The Hall–Kier alpha value is -1.62. The van der Waals surface area contributed by atoms with Crippen LogP contribution in [0.2, 0.25) is 0 Å².